The van der Waals surface area contributed by atoms with Crippen molar-refractivity contribution in [2.24, 2.45) is 0 Å². The van der Waals surface area contributed by atoms with Crippen molar-refractivity contribution >= 4 is 29.3 Å². The Kier molecular flexibility index (Phi) is 2.85. The molecule has 2 N–H and O–H groups in total. The van der Waals surface area contributed by atoms with Gasteiger partial charge in [-0.3, -0.25) is 0 Å². The van der Waals surface area contributed by atoms with Crippen LogP contribution in [0.5, 0.6) is 0 Å². The van der Waals surface area contributed by atoms with Crippen LogP contribution in [-0.4, -0.2) is 13.1 Å². The third-order valence-electron chi connectivity index (χ3n) is 2.04. The molecule has 0 radical (unpaired) electrons. The van der Waals surface area contributed by atoms with Gasteiger partial charge in [-0.15, -0.1) is 0 Å². The minimum atomic E-state index is 0.667. The van der Waals surface area contributed by atoms with E-state index in [1.807, 2.05) is 24.3 Å². The summed E-state index contributed by atoms with van der Waals surface area (Å²) in [4.78, 5) is 0. The van der Waals surface area contributed by atoms with Crippen molar-refractivity contribution in [3.8, 4) is 0 Å². The van der Waals surface area contributed by atoms with E-state index in [-0.39, 0.29) is 0 Å². The fourth-order valence-electron chi connectivity index (χ4n) is 1.35. The summed E-state index contributed by atoms with van der Waals surface area (Å²) in [6.07, 6.45) is 1.93. The second-order valence-electron chi connectivity index (χ2n) is 3.05. The van der Waals surface area contributed by atoms with E-state index in [9.17, 15) is 0 Å². The van der Waals surface area contributed by atoms with Gasteiger partial charge in [-0.05, 0) is 18.2 Å². The van der Waals surface area contributed by atoms with E-state index >= 15 is 0 Å². The van der Waals surface area contributed by atoms with Gasteiger partial charge in [-0.2, -0.15) is 0 Å². The van der Waals surface area contributed by atoms with Gasteiger partial charge in [0.05, 0.1) is 5.82 Å². The molecule has 0 unspecified atom stereocenters. The van der Waals surface area contributed by atoms with Crippen LogP contribution in [0.1, 0.15) is 5.56 Å². The fraction of sp³-hybridized carbons (Fsp3) is 0.200. The lowest BCUT2D eigenvalue weighted by Crippen LogP contribution is -2.09. The van der Waals surface area contributed by atoms with Crippen LogP contribution in [0.3, 0.4) is 0 Å². The summed E-state index contributed by atoms with van der Waals surface area (Å²) in [5.41, 5.74) is 0.854. The standard InChI is InChI=1S/C10H10Cl2N2/c11-8-2-1-3-9(12)7(8)6-10-13-4-5-14-10/h1-3,6,13-14H,4-5H2. The molecule has 74 valence electrons. The molecule has 2 rings (SSSR count). The first-order valence-electron chi connectivity index (χ1n) is 4.41. The Hall–Kier alpha value is -0.860. The average molecular weight is 229 g/mol. The first kappa shape index (κ1) is 9.69. The molecule has 14 heavy (non-hydrogen) atoms. The molecule has 0 spiro atoms. The van der Waals surface area contributed by atoms with Gasteiger partial charge in [0, 0.05) is 28.7 Å². The van der Waals surface area contributed by atoms with Gasteiger partial charge in [-0.1, -0.05) is 29.3 Å². The zero-order chi connectivity index (χ0) is 9.97. The SMILES string of the molecule is Clc1cccc(Cl)c1C=C1NCCN1. The molecule has 1 heterocycles. The van der Waals surface area contributed by atoms with Gasteiger partial charge >= 0.3 is 0 Å². The Labute approximate surface area is 92.9 Å². The Bertz CT molecular complexity index is 346. The monoisotopic (exact) mass is 228 g/mol. The number of nitrogens with one attached hydrogen (secondary N) is 2. The predicted molar refractivity (Wildman–Crippen MR) is 60.4 cm³/mol. The van der Waals surface area contributed by atoms with Gasteiger partial charge in [-0.25, -0.2) is 0 Å². The van der Waals surface area contributed by atoms with Gasteiger partial charge in [0.25, 0.3) is 0 Å². The molecule has 0 aromatic heterocycles. The molecule has 0 aliphatic carbocycles. The molecule has 1 aliphatic heterocycles. The summed E-state index contributed by atoms with van der Waals surface area (Å²) in [5, 5.41) is 7.72. The van der Waals surface area contributed by atoms with Crippen LogP contribution < -0.4 is 10.6 Å². The largest absolute Gasteiger partial charge is 0.370 e. The van der Waals surface area contributed by atoms with E-state index in [2.05, 4.69) is 10.6 Å². The molecule has 0 atom stereocenters. The lowest BCUT2D eigenvalue weighted by Gasteiger charge is -2.03. The summed E-state index contributed by atoms with van der Waals surface area (Å²) in [6.45, 7) is 1.88. The van der Waals surface area contributed by atoms with E-state index < -0.39 is 0 Å². The molecule has 0 amide bonds. The quantitative estimate of drug-likeness (QED) is 0.773. The lowest BCUT2D eigenvalue weighted by atomic mass is 10.2. The van der Waals surface area contributed by atoms with Crippen LogP contribution in [0.4, 0.5) is 0 Å². The van der Waals surface area contributed by atoms with Crippen LogP contribution in [-0.2, 0) is 0 Å². The molecule has 2 nitrogen and oxygen atoms in total. The van der Waals surface area contributed by atoms with E-state index in [1.54, 1.807) is 0 Å². The Morgan fingerprint density at radius 3 is 2.21 bits per heavy atom. The molecule has 0 saturated carbocycles. The smallest absolute Gasteiger partial charge is 0.0994 e. The minimum Gasteiger partial charge on any atom is -0.370 e. The maximum Gasteiger partial charge on any atom is 0.0994 e. The van der Waals surface area contributed by atoms with Crippen molar-refractivity contribution in [1.82, 2.24) is 10.6 Å². The maximum absolute atomic E-state index is 6.02. The highest BCUT2D eigenvalue weighted by molar-refractivity contribution is 6.37. The summed E-state index contributed by atoms with van der Waals surface area (Å²) < 4.78 is 0. The second kappa shape index (κ2) is 4.11. The predicted octanol–water partition coefficient (Wildman–Crippen LogP) is 2.48. The molecule has 4 heteroatoms. The Balaban J connectivity index is 2.36. The van der Waals surface area contributed by atoms with Crippen molar-refractivity contribution in [2.75, 3.05) is 13.1 Å². The van der Waals surface area contributed by atoms with Gasteiger partial charge in [0.1, 0.15) is 0 Å². The van der Waals surface area contributed by atoms with E-state index in [4.69, 9.17) is 23.2 Å². The average Bonchev–Trinajstić information content (AvgIpc) is 2.64. The molecule has 1 aromatic carbocycles. The van der Waals surface area contributed by atoms with Crippen LogP contribution in [0, 0.1) is 0 Å². The molecule has 1 saturated heterocycles. The van der Waals surface area contributed by atoms with Crippen molar-refractivity contribution in [3.05, 3.63) is 39.6 Å². The topological polar surface area (TPSA) is 24.1 Å². The molecule has 1 aliphatic rings. The first-order valence-corrected chi connectivity index (χ1v) is 5.16. The molecule has 1 fully saturated rings. The maximum atomic E-state index is 6.02. The normalized spacial score (nSPS) is 14.9. The zero-order valence-electron chi connectivity index (χ0n) is 7.48. The molecule has 0 bridgehead atoms. The van der Waals surface area contributed by atoms with Crippen molar-refractivity contribution in [2.45, 2.75) is 0 Å². The number of hydrogen-bond acceptors (Lipinski definition) is 2. The summed E-state index contributed by atoms with van der Waals surface area (Å²) in [5.74, 6) is 0.972. The van der Waals surface area contributed by atoms with Crippen LogP contribution in [0.25, 0.3) is 6.08 Å². The fourth-order valence-corrected chi connectivity index (χ4v) is 1.86. The van der Waals surface area contributed by atoms with Crippen LogP contribution >= 0.6 is 23.2 Å². The highest BCUT2D eigenvalue weighted by Crippen LogP contribution is 2.26. The van der Waals surface area contributed by atoms with Crippen molar-refractivity contribution < 1.29 is 0 Å². The number of benzene rings is 1. The third kappa shape index (κ3) is 1.97. The highest BCUT2D eigenvalue weighted by atomic mass is 35.5. The van der Waals surface area contributed by atoms with E-state index in [0.29, 0.717) is 10.0 Å². The van der Waals surface area contributed by atoms with E-state index in [0.717, 1.165) is 24.5 Å². The molecular formula is C10H10Cl2N2. The lowest BCUT2D eigenvalue weighted by molar-refractivity contribution is 0.942. The summed E-state index contributed by atoms with van der Waals surface area (Å²) in [6, 6.07) is 5.49. The number of halogens is 2. The van der Waals surface area contributed by atoms with Crippen molar-refractivity contribution in [3.63, 3.8) is 0 Å². The van der Waals surface area contributed by atoms with E-state index in [1.165, 1.54) is 0 Å². The number of hydrogen-bond donors (Lipinski definition) is 2. The first-order chi connectivity index (χ1) is 6.77. The Morgan fingerprint density at radius 1 is 1.07 bits per heavy atom. The Morgan fingerprint density at radius 2 is 1.64 bits per heavy atom. The summed E-state index contributed by atoms with van der Waals surface area (Å²) in [7, 11) is 0. The van der Waals surface area contributed by atoms with Crippen LogP contribution in [0.15, 0.2) is 24.0 Å². The van der Waals surface area contributed by atoms with Gasteiger partial charge in [0.2, 0.25) is 0 Å². The van der Waals surface area contributed by atoms with Gasteiger partial charge in [0.15, 0.2) is 0 Å². The number of rotatable bonds is 1. The molecule has 1 aromatic rings. The zero-order valence-corrected chi connectivity index (χ0v) is 8.99. The third-order valence-corrected chi connectivity index (χ3v) is 2.70. The summed E-state index contributed by atoms with van der Waals surface area (Å²) >= 11 is 12.0. The second-order valence-corrected chi connectivity index (χ2v) is 3.86. The van der Waals surface area contributed by atoms with Gasteiger partial charge < -0.3 is 10.6 Å². The highest BCUT2D eigenvalue weighted by Gasteiger charge is 2.07. The van der Waals surface area contributed by atoms with Crippen LogP contribution in [0.2, 0.25) is 10.0 Å². The van der Waals surface area contributed by atoms with Crippen molar-refractivity contribution in [1.29, 1.82) is 0 Å². The molecular weight excluding hydrogens is 219 g/mol. The minimum absolute atomic E-state index is 0.667.